The zero-order valence-electron chi connectivity index (χ0n) is 19.6. The average molecular weight is 479 g/mol. The maximum Gasteiger partial charge on any atom is 0.308 e. The number of nitrogens with zero attached hydrogens (tertiary/aromatic N) is 2. The first kappa shape index (κ1) is 22.8. The smallest absolute Gasteiger partial charge is 0.308 e. The van der Waals surface area contributed by atoms with Crippen molar-refractivity contribution < 1.29 is 19.1 Å². The Morgan fingerprint density at radius 2 is 1.03 bits per heavy atom. The topological polar surface area (TPSA) is 110 Å². The molecule has 5 rings (SSSR count). The Hall–Kier alpha value is -4.98. The second-order valence-corrected chi connectivity index (χ2v) is 8.09. The number of aromatic nitrogens is 4. The average Bonchev–Trinajstić information content (AvgIpc) is 3.55. The molecule has 2 heterocycles. The monoisotopic (exact) mass is 478 g/mol. The highest BCUT2D eigenvalue weighted by atomic mass is 16.5. The third-order valence-electron chi connectivity index (χ3n) is 5.39. The zero-order chi connectivity index (χ0) is 25.1. The summed E-state index contributed by atoms with van der Waals surface area (Å²) in [5, 5.41) is 0. The van der Waals surface area contributed by atoms with E-state index in [9.17, 15) is 9.59 Å². The van der Waals surface area contributed by atoms with Crippen LogP contribution in [0.2, 0.25) is 0 Å². The summed E-state index contributed by atoms with van der Waals surface area (Å²) in [7, 11) is 0. The Bertz CT molecular complexity index is 1420. The van der Waals surface area contributed by atoms with Gasteiger partial charge in [-0.05, 0) is 54.6 Å². The van der Waals surface area contributed by atoms with Gasteiger partial charge in [0.05, 0.1) is 11.4 Å². The Kier molecular flexibility index (Phi) is 6.15. The molecule has 0 aliphatic heterocycles. The van der Waals surface area contributed by atoms with Crippen LogP contribution in [-0.4, -0.2) is 31.9 Å². The minimum absolute atomic E-state index is 0.356. The van der Waals surface area contributed by atoms with E-state index in [1.165, 1.54) is 13.8 Å². The Morgan fingerprint density at radius 1 is 0.611 bits per heavy atom. The summed E-state index contributed by atoms with van der Waals surface area (Å²) in [5.74, 6) is 1.73. The molecule has 36 heavy (non-hydrogen) atoms. The molecule has 8 heteroatoms. The molecule has 0 unspecified atom stereocenters. The van der Waals surface area contributed by atoms with Gasteiger partial charge in [-0.15, -0.1) is 0 Å². The van der Waals surface area contributed by atoms with E-state index in [1.54, 1.807) is 24.3 Å². The molecule has 3 aromatic carbocycles. The predicted molar refractivity (Wildman–Crippen MR) is 135 cm³/mol. The maximum atomic E-state index is 11.1. The van der Waals surface area contributed by atoms with Crippen molar-refractivity contribution in [3.8, 4) is 56.8 Å². The number of hydrogen-bond donors (Lipinski definition) is 2. The standard InChI is InChI=1S/C28H22N4O4/c1-17(33)35-23-10-6-19(7-11-23)25-15-29-27(31-25)21-4-3-5-22(14-21)28-30-16-26(32-28)20-8-12-24(13-9-20)36-18(2)34/h3-16H,1-2H3,(H,29,31)(H,30,32). The molecule has 0 fully saturated rings. The fourth-order valence-corrected chi connectivity index (χ4v) is 3.77. The maximum absolute atomic E-state index is 11.1. The van der Waals surface area contributed by atoms with E-state index in [4.69, 9.17) is 19.4 Å². The highest BCUT2D eigenvalue weighted by Crippen LogP contribution is 2.28. The van der Waals surface area contributed by atoms with Gasteiger partial charge in [0.15, 0.2) is 0 Å². The Morgan fingerprint density at radius 3 is 1.42 bits per heavy atom. The molecule has 0 aliphatic carbocycles. The van der Waals surface area contributed by atoms with E-state index in [2.05, 4.69) is 9.97 Å². The van der Waals surface area contributed by atoms with Gasteiger partial charge < -0.3 is 19.4 Å². The van der Waals surface area contributed by atoms with Crippen LogP contribution < -0.4 is 9.47 Å². The van der Waals surface area contributed by atoms with E-state index in [1.807, 2.05) is 60.9 Å². The number of imidazole rings is 2. The van der Waals surface area contributed by atoms with Crippen LogP contribution in [0.5, 0.6) is 11.5 Å². The fraction of sp³-hybridized carbons (Fsp3) is 0.0714. The van der Waals surface area contributed by atoms with E-state index in [0.717, 1.165) is 45.3 Å². The fourth-order valence-electron chi connectivity index (χ4n) is 3.77. The Balaban J connectivity index is 1.35. The lowest BCUT2D eigenvalue weighted by Gasteiger charge is -2.03. The summed E-state index contributed by atoms with van der Waals surface area (Å²) in [6.07, 6.45) is 3.68. The summed E-state index contributed by atoms with van der Waals surface area (Å²) < 4.78 is 10.2. The lowest BCUT2D eigenvalue weighted by Crippen LogP contribution is -2.00. The number of nitrogens with one attached hydrogen (secondary N) is 2. The second-order valence-electron chi connectivity index (χ2n) is 8.09. The van der Waals surface area contributed by atoms with Crippen LogP contribution in [0.25, 0.3) is 45.3 Å². The van der Waals surface area contributed by atoms with Gasteiger partial charge >= 0.3 is 11.9 Å². The van der Waals surface area contributed by atoms with E-state index < -0.39 is 0 Å². The molecule has 0 aliphatic rings. The lowest BCUT2D eigenvalue weighted by atomic mass is 10.1. The van der Waals surface area contributed by atoms with Gasteiger partial charge in [0.1, 0.15) is 23.1 Å². The number of aromatic amines is 2. The van der Waals surface area contributed by atoms with Crippen LogP contribution in [0, 0.1) is 0 Å². The first-order chi connectivity index (χ1) is 17.4. The van der Waals surface area contributed by atoms with E-state index in [-0.39, 0.29) is 11.9 Å². The van der Waals surface area contributed by atoms with Crippen molar-refractivity contribution in [3.05, 3.63) is 85.2 Å². The highest BCUT2D eigenvalue weighted by Gasteiger charge is 2.11. The first-order valence-electron chi connectivity index (χ1n) is 11.2. The van der Waals surface area contributed by atoms with E-state index in [0.29, 0.717) is 11.5 Å². The van der Waals surface area contributed by atoms with Crippen molar-refractivity contribution >= 4 is 11.9 Å². The van der Waals surface area contributed by atoms with Crippen LogP contribution in [-0.2, 0) is 9.59 Å². The van der Waals surface area contributed by atoms with Crippen molar-refractivity contribution in [2.75, 3.05) is 0 Å². The van der Waals surface area contributed by atoms with Crippen molar-refractivity contribution in [2.45, 2.75) is 13.8 Å². The molecule has 5 aromatic rings. The first-order valence-corrected chi connectivity index (χ1v) is 11.2. The highest BCUT2D eigenvalue weighted by molar-refractivity contribution is 5.73. The van der Waals surface area contributed by atoms with Crippen LogP contribution >= 0.6 is 0 Å². The largest absolute Gasteiger partial charge is 0.427 e. The summed E-state index contributed by atoms with van der Waals surface area (Å²) in [4.78, 5) is 38.2. The predicted octanol–water partition coefficient (Wildman–Crippen LogP) is 5.65. The number of H-pyrrole nitrogens is 2. The molecule has 2 N–H and O–H groups in total. The summed E-state index contributed by atoms with van der Waals surface area (Å²) in [6, 6.07) is 22.3. The number of ether oxygens (including phenoxy) is 2. The normalized spacial score (nSPS) is 10.7. The van der Waals surface area contributed by atoms with Crippen LogP contribution in [0.3, 0.4) is 0 Å². The third-order valence-corrected chi connectivity index (χ3v) is 5.39. The quantitative estimate of drug-likeness (QED) is 0.241. The molecular weight excluding hydrogens is 456 g/mol. The number of rotatable bonds is 6. The van der Waals surface area contributed by atoms with Gasteiger partial charge in [0.2, 0.25) is 0 Å². The molecular formula is C28H22N4O4. The van der Waals surface area contributed by atoms with Crippen LogP contribution in [0.15, 0.2) is 85.2 Å². The molecule has 2 aromatic heterocycles. The van der Waals surface area contributed by atoms with Gasteiger partial charge in [-0.1, -0.05) is 18.2 Å². The molecule has 0 saturated carbocycles. The van der Waals surface area contributed by atoms with Crippen molar-refractivity contribution in [2.24, 2.45) is 0 Å². The molecule has 0 saturated heterocycles. The Labute approximate surface area is 207 Å². The SMILES string of the molecule is CC(=O)Oc1ccc(-c2c[nH]c(-c3cccc(-c4nc(-c5ccc(OC(C)=O)cc5)c[nH]4)c3)n2)cc1. The lowest BCUT2D eigenvalue weighted by molar-refractivity contribution is -0.132. The molecule has 0 amide bonds. The van der Waals surface area contributed by atoms with Gasteiger partial charge in [-0.3, -0.25) is 9.59 Å². The molecule has 8 nitrogen and oxygen atoms in total. The van der Waals surface area contributed by atoms with Gasteiger partial charge in [0.25, 0.3) is 0 Å². The number of carbonyl (C=O) groups excluding carboxylic acids is 2. The zero-order valence-corrected chi connectivity index (χ0v) is 19.6. The van der Waals surface area contributed by atoms with Crippen molar-refractivity contribution in [1.29, 1.82) is 0 Å². The number of esters is 2. The van der Waals surface area contributed by atoms with E-state index >= 15 is 0 Å². The van der Waals surface area contributed by atoms with Crippen LogP contribution in [0.4, 0.5) is 0 Å². The van der Waals surface area contributed by atoms with Gasteiger partial charge in [-0.25, -0.2) is 9.97 Å². The number of hydrogen-bond acceptors (Lipinski definition) is 6. The van der Waals surface area contributed by atoms with Gasteiger partial charge in [-0.2, -0.15) is 0 Å². The molecule has 0 atom stereocenters. The minimum Gasteiger partial charge on any atom is -0.427 e. The van der Waals surface area contributed by atoms with Crippen molar-refractivity contribution in [3.63, 3.8) is 0 Å². The number of benzene rings is 3. The van der Waals surface area contributed by atoms with Gasteiger partial charge in [0, 0.05) is 48.5 Å². The number of carbonyl (C=O) groups is 2. The molecule has 0 spiro atoms. The summed E-state index contributed by atoms with van der Waals surface area (Å²) in [5.41, 5.74) is 5.20. The second kappa shape index (κ2) is 9.71. The summed E-state index contributed by atoms with van der Waals surface area (Å²) in [6.45, 7) is 2.74. The van der Waals surface area contributed by atoms with Crippen LogP contribution in [0.1, 0.15) is 13.8 Å². The molecule has 178 valence electrons. The molecule has 0 bridgehead atoms. The van der Waals surface area contributed by atoms with Crippen molar-refractivity contribution in [1.82, 2.24) is 19.9 Å². The minimum atomic E-state index is -0.356. The molecule has 0 radical (unpaired) electrons. The third kappa shape index (κ3) is 5.07. The summed E-state index contributed by atoms with van der Waals surface area (Å²) >= 11 is 0.